The average molecular weight is 175 g/mol. The smallest absolute Gasteiger partial charge is 0.0933 e. The van der Waals surface area contributed by atoms with E-state index in [0.29, 0.717) is 0 Å². The molecule has 0 aliphatic carbocycles. The van der Waals surface area contributed by atoms with Crippen molar-refractivity contribution in [2.45, 2.75) is 20.3 Å². The van der Waals surface area contributed by atoms with Crippen LogP contribution >= 0.6 is 0 Å². The number of hydrogen-bond donors (Lipinski definition) is 2. The number of anilines is 1. The predicted molar refractivity (Wildman–Crippen MR) is 54.6 cm³/mol. The van der Waals surface area contributed by atoms with Crippen LogP contribution in [0.1, 0.15) is 18.1 Å². The van der Waals surface area contributed by atoms with E-state index in [1.807, 2.05) is 0 Å². The van der Waals surface area contributed by atoms with E-state index in [1.165, 1.54) is 11.1 Å². The Balaban J connectivity index is 2.85. The highest BCUT2D eigenvalue weighted by Gasteiger charge is 2.07. The van der Waals surface area contributed by atoms with E-state index in [9.17, 15) is 0 Å². The number of nitrogens with two attached hydrogens (primary N) is 1. The predicted octanol–water partition coefficient (Wildman–Crippen LogP) is 2.02. The number of aromatic amines is 1. The molecule has 0 saturated heterocycles. The number of nitrogens with one attached hydrogen (secondary N) is 1. The molecule has 1 aromatic heterocycles. The number of aromatic nitrogens is 2. The van der Waals surface area contributed by atoms with Crippen LogP contribution in [0.5, 0.6) is 0 Å². The highest BCUT2D eigenvalue weighted by molar-refractivity contribution is 5.90. The maximum atomic E-state index is 5.97. The summed E-state index contributed by atoms with van der Waals surface area (Å²) in [5, 5.41) is 0. The summed E-state index contributed by atoms with van der Waals surface area (Å²) in [6.07, 6.45) is 2.65. The van der Waals surface area contributed by atoms with Crippen LogP contribution in [-0.4, -0.2) is 9.97 Å². The molecule has 13 heavy (non-hydrogen) atoms. The third-order valence-electron chi connectivity index (χ3n) is 2.40. The number of imidazole rings is 1. The maximum absolute atomic E-state index is 5.97. The molecule has 1 heterocycles. The molecule has 0 aliphatic heterocycles. The molecule has 0 fully saturated rings. The molecule has 0 saturated carbocycles. The van der Waals surface area contributed by atoms with Gasteiger partial charge in [0.05, 0.1) is 23.0 Å². The molecule has 0 amide bonds. The highest BCUT2D eigenvalue weighted by Crippen LogP contribution is 2.25. The van der Waals surface area contributed by atoms with E-state index in [1.54, 1.807) is 6.33 Å². The maximum Gasteiger partial charge on any atom is 0.0933 e. The van der Waals surface area contributed by atoms with Gasteiger partial charge in [-0.3, -0.25) is 0 Å². The zero-order valence-corrected chi connectivity index (χ0v) is 7.89. The van der Waals surface area contributed by atoms with Gasteiger partial charge in [-0.2, -0.15) is 0 Å². The number of aryl methyl sites for hydroxylation is 2. The minimum atomic E-state index is 0.834. The lowest BCUT2D eigenvalue weighted by Crippen LogP contribution is -1.95. The lowest BCUT2D eigenvalue weighted by atomic mass is 10.1. The molecule has 0 unspecified atom stereocenters. The zero-order chi connectivity index (χ0) is 9.42. The molecule has 2 rings (SSSR count). The Morgan fingerprint density at radius 3 is 3.00 bits per heavy atom. The Hall–Kier alpha value is -1.51. The normalized spacial score (nSPS) is 10.9. The molecular weight excluding hydrogens is 162 g/mol. The monoisotopic (exact) mass is 175 g/mol. The Bertz CT molecular complexity index is 443. The lowest BCUT2D eigenvalue weighted by molar-refractivity contribution is 1.14. The van der Waals surface area contributed by atoms with Crippen LogP contribution in [0, 0.1) is 6.92 Å². The summed E-state index contributed by atoms with van der Waals surface area (Å²) in [5.41, 5.74) is 11.1. The fraction of sp³-hybridized carbons (Fsp3) is 0.300. The summed E-state index contributed by atoms with van der Waals surface area (Å²) in [4.78, 5) is 7.29. The first kappa shape index (κ1) is 8.10. The molecule has 0 aliphatic rings. The number of benzene rings is 1. The standard InChI is InChI=1S/C10H13N3/c1-3-7-4-6(2)9-10(8(7)11)13-5-12-9/h4-5H,3,11H2,1-2H3,(H,12,13). The number of nitrogen functional groups attached to an aromatic ring is 1. The molecule has 3 nitrogen and oxygen atoms in total. The van der Waals surface area contributed by atoms with Crippen molar-refractivity contribution < 1.29 is 0 Å². The van der Waals surface area contributed by atoms with Crippen LogP contribution in [0.3, 0.4) is 0 Å². The van der Waals surface area contributed by atoms with Crippen molar-refractivity contribution in [2.75, 3.05) is 5.73 Å². The van der Waals surface area contributed by atoms with E-state index < -0.39 is 0 Å². The van der Waals surface area contributed by atoms with Gasteiger partial charge in [0.25, 0.3) is 0 Å². The fourth-order valence-corrected chi connectivity index (χ4v) is 1.66. The van der Waals surface area contributed by atoms with Crippen molar-refractivity contribution in [2.24, 2.45) is 0 Å². The summed E-state index contributed by atoms with van der Waals surface area (Å²) in [7, 11) is 0. The van der Waals surface area contributed by atoms with Crippen molar-refractivity contribution in [3.8, 4) is 0 Å². The summed E-state index contributed by atoms with van der Waals surface area (Å²) < 4.78 is 0. The molecule has 1 aromatic carbocycles. The first-order chi connectivity index (χ1) is 6.24. The van der Waals surface area contributed by atoms with Gasteiger partial charge in [0, 0.05) is 0 Å². The van der Waals surface area contributed by atoms with Crippen LogP contribution in [0.4, 0.5) is 5.69 Å². The summed E-state index contributed by atoms with van der Waals surface area (Å²) in [6.45, 7) is 4.16. The molecule has 68 valence electrons. The molecule has 0 atom stereocenters. The van der Waals surface area contributed by atoms with Crippen molar-refractivity contribution in [1.29, 1.82) is 0 Å². The Morgan fingerprint density at radius 1 is 1.54 bits per heavy atom. The van der Waals surface area contributed by atoms with Crippen molar-refractivity contribution in [3.05, 3.63) is 23.5 Å². The second-order valence-corrected chi connectivity index (χ2v) is 3.25. The number of H-pyrrole nitrogens is 1. The summed E-state index contributed by atoms with van der Waals surface area (Å²) in [6, 6.07) is 2.11. The Morgan fingerprint density at radius 2 is 2.31 bits per heavy atom. The second kappa shape index (κ2) is 2.76. The average Bonchev–Trinajstić information content (AvgIpc) is 2.60. The number of hydrogen-bond acceptors (Lipinski definition) is 2. The number of rotatable bonds is 1. The van der Waals surface area contributed by atoms with E-state index >= 15 is 0 Å². The van der Waals surface area contributed by atoms with Crippen LogP contribution < -0.4 is 5.73 Å². The topological polar surface area (TPSA) is 54.7 Å². The van der Waals surface area contributed by atoms with E-state index in [-0.39, 0.29) is 0 Å². The minimum absolute atomic E-state index is 0.834. The van der Waals surface area contributed by atoms with Gasteiger partial charge < -0.3 is 10.7 Å². The Kier molecular flexibility index (Phi) is 1.72. The largest absolute Gasteiger partial charge is 0.397 e. The fourth-order valence-electron chi connectivity index (χ4n) is 1.66. The van der Waals surface area contributed by atoms with Gasteiger partial charge in [-0.25, -0.2) is 4.98 Å². The minimum Gasteiger partial charge on any atom is -0.397 e. The van der Waals surface area contributed by atoms with Gasteiger partial charge in [0.2, 0.25) is 0 Å². The molecule has 0 radical (unpaired) electrons. The lowest BCUT2D eigenvalue weighted by Gasteiger charge is -2.05. The van der Waals surface area contributed by atoms with Crippen molar-refractivity contribution >= 4 is 16.7 Å². The van der Waals surface area contributed by atoms with Crippen molar-refractivity contribution in [1.82, 2.24) is 9.97 Å². The quantitative estimate of drug-likeness (QED) is 0.651. The summed E-state index contributed by atoms with van der Waals surface area (Å²) in [5.74, 6) is 0. The van der Waals surface area contributed by atoms with Gasteiger partial charge in [0.1, 0.15) is 0 Å². The van der Waals surface area contributed by atoms with Gasteiger partial charge in [0.15, 0.2) is 0 Å². The van der Waals surface area contributed by atoms with E-state index in [0.717, 1.165) is 23.1 Å². The van der Waals surface area contributed by atoms with E-state index in [2.05, 4.69) is 29.9 Å². The number of nitrogens with zero attached hydrogens (tertiary/aromatic N) is 1. The van der Waals surface area contributed by atoms with Gasteiger partial charge in [-0.05, 0) is 24.5 Å². The van der Waals surface area contributed by atoms with Crippen LogP contribution in [-0.2, 0) is 6.42 Å². The SMILES string of the molecule is CCc1cc(C)c2nc[nH]c2c1N. The molecule has 0 spiro atoms. The van der Waals surface area contributed by atoms with E-state index in [4.69, 9.17) is 5.73 Å². The summed E-state index contributed by atoms with van der Waals surface area (Å²) >= 11 is 0. The van der Waals surface area contributed by atoms with Gasteiger partial charge in [-0.15, -0.1) is 0 Å². The molecular formula is C10H13N3. The molecule has 0 bridgehead atoms. The molecule has 2 aromatic rings. The Labute approximate surface area is 77.0 Å². The van der Waals surface area contributed by atoms with Gasteiger partial charge in [-0.1, -0.05) is 13.0 Å². The third-order valence-corrected chi connectivity index (χ3v) is 2.40. The first-order valence-electron chi connectivity index (χ1n) is 4.45. The van der Waals surface area contributed by atoms with Crippen molar-refractivity contribution in [3.63, 3.8) is 0 Å². The van der Waals surface area contributed by atoms with Crippen LogP contribution in [0.2, 0.25) is 0 Å². The van der Waals surface area contributed by atoms with Crippen LogP contribution in [0.25, 0.3) is 11.0 Å². The third kappa shape index (κ3) is 1.08. The molecule has 3 heteroatoms. The first-order valence-corrected chi connectivity index (χ1v) is 4.45. The van der Waals surface area contributed by atoms with Gasteiger partial charge >= 0.3 is 0 Å². The number of fused-ring (bicyclic) bond motifs is 1. The van der Waals surface area contributed by atoms with Crippen LogP contribution in [0.15, 0.2) is 12.4 Å². The molecule has 3 N–H and O–H groups in total. The zero-order valence-electron chi connectivity index (χ0n) is 7.89. The highest BCUT2D eigenvalue weighted by atomic mass is 14.9. The second-order valence-electron chi connectivity index (χ2n) is 3.25.